The molecule has 1 atom stereocenters. The number of aromatic nitrogens is 1. The summed E-state index contributed by atoms with van der Waals surface area (Å²) in [6, 6.07) is 15.6. The first-order chi connectivity index (χ1) is 10.2. The molecule has 0 bridgehead atoms. The SMILES string of the molecule is CC(Nc1ccc(Cl)c2cccnc12)c1ccccc1Cl. The third-order valence-corrected chi connectivity index (χ3v) is 4.13. The van der Waals surface area contributed by atoms with E-state index in [0.29, 0.717) is 5.02 Å². The van der Waals surface area contributed by atoms with E-state index in [2.05, 4.69) is 17.2 Å². The van der Waals surface area contributed by atoms with Gasteiger partial charge in [0.25, 0.3) is 0 Å². The van der Waals surface area contributed by atoms with Crippen molar-refractivity contribution in [1.82, 2.24) is 4.98 Å². The zero-order valence-electron chi connectivity index (χ0n) is 11.5. The van der Waals surface area contributed by atoms with Crippen LogP contribution in [-0.2, 0) is 0 Å². The maximum Gasteiger partial charge on any atom is 0.0948 e. The van der Waals surface area contributed by atoms with Crippen molar-refractivity contribution in [2.75, 3.05) is 5.32 Å². The van der Waals surface area contributed by atoms with Crippen molar-refractivity contribution >= 4 is 39.8 Å². The lowest BCUT2D eigenvalue weighted by Gasteiger charge is -2.18. The number of hydrogen-bond donors (Lipinski definition) is 1. The van der Waals surface area contributed by atoms with E-state index in [1.165, 1.54) is 0 Å². The number of nitrogens with one attached hydrogen (secondary N) is 1. The predicted octanol–water partition coefficient (Wildman–Crippen LogP) is 5.71. The molecule has 106 valence electrons. The Morgan fingerprint density at radius 1 is 0.952 bits per heavy atom. The summed E-state index contributed by atoms with van der Waals surface area (Å²) in [4.78, 5) is 4.43. The number of nitrogens with zero attached hydrogens (tertiary/aromatic N) is 1. The Balaban J connectivity index is 1.99. The van der Waals surface area contributed by atoms with Gasteiger partial charge in [0.15, 0.2) is 0 Å². The molecule has 0 aliphatic carbocycles. The van der Waals surface area contributed by atoms with Crippen LogP contribution in [0.15, 0.2) is 54.7 Å². The number of fused-ring (bicyclic) bond motifs is 1. The minimum Gasteiger partial charge on any atom is -0.377 e. The molecule has 0 fully saturated rings. The van der Waals surface area contributed by atoms with Crippen LogP contribution in [-0.4, -0.2) is 4.98 Å². The van der Waals surface area contributed by atoms with Gasteiger partial charge < -0.3 is 5.32 Å². The first kappa shape index (κ1) is 14.2. The van der Waals surface area contributed by atoms with Crippen LogP contribution in [0, 0.1) is 0 Å². The van der Waals surface area contributed by atoms with Crippen LogP contribution < -0.4 is 5.32 Å². The Morgan fingerprint density at radius 2 is 1.76 bits per heavy atom. The highest BCUT2D eigenvalue weighted by Crippen LogP contribution is 2.31. The molecule has 0 saturated carbocycles. The van der Waals surface area contributed by atoms with Gasteiger partial charge in [-0.15, -0.1) is 0 Å². The van der Waals surface area contributed by atoms with Crippen LogP contribution in [0.2, 0.25) is 10.0 Å². The fourth-order valence-electron chi connectivity index (χ4n) is 2.39. The standard InChI is InChI=1S/C17H14Cl2N2/c1-11(12-5-2-3-7-14(12)18)21-16-9-8-15(19)13-6-4-10-20-17(13)16/h2-11,21H,1H3. The Bertz CT molecular complexity index is 787. The van der Waals surface area contributed by atoms with Gasteiger partial charge in [0.05, 0.1) is 22.3 Å². The van der Waals surface area contributed by atoms with E-state index in [1.807, 2.05) is 48.5 Å². The minimum absolute atomic E-state index is 0.0741. The number of hydrogen-bond acceptors (Lipinski definition) is 2. The third-order valence-electron chi connectivity index (χ3n) is 3.46. The Morgan fingerprint density at radius 3 is 2.57 bits per heavy atom. The number of halogens is 2. The molecule has 21 heavy (non-hydrogen) atoms. The smallest absolute Gasteiger partial charge is 0.0948 e. The molecular weight excluding hydrogens is 303 g/mol. The highest BCUT2D eigenvalue weighted by Gasteiger charge is 2.12. The van der Waals surface area contributed by atoms with Crippen molar-refractivity contribution in [3.05, 3.63) is 70.3 Å². The number of anilines is 1. The summed E-state index contributed by atoms with van der Waals surface area (Å²) < 4.78 is 0. The van der Waals surface area contributed by atoms with E-state index in [0.717, 1.165) is 27.2 Å². The second kappa shape index (κ2) is 5.92. The summed E-state index contributed by atoms with van der Waals surface area (Å²) >= 11 is 12.5. The monoisotopic (exact) mass is 316 g/mol. The molecule has 0 saturated heterocycles. The quantitative estimate of drug-likeness (QED) is 0.669. The lowest BCUT2D eigenvalue weighted by atomic mass is 10.1. The van der Waals surface area contributed by atoms with Gasteiger partial charge in [0.1, 0.15) is 0 Å². The van der Waals surface area contributed by atoms with Gasteiger partial charge >= 0.3 is 0 Å². The molecule has 1 unspecified atom stereocenters. The third kappa shape index (κ3) is 2.82. The fraction of sp³-hybridized carbons (Fsp3) is 0.118. The molecule has 0 radical (unpaired) electrons. The maximum atomic E-state index is 6.25. The summed E-state index contributed by atoms with van der Waals surface area (Å²) in [6.07, 6.45) is 1.77. The molecule has 3 aromatic rings. The maximum absolute atomic E-state index is 6.25. The minimum atomic E-state index is 0.0741. The molecule has 2 aromatic carbocycles. The highest BCUT2D eigenvalue weighted by atomic mass is 35.5. The normalized spacial score (nSPS) is 12.3. The van der Waals surface area contributed by atoms with Crippen LogP contribution in [0.5, 0.6) is 0 Å². The summed E-state index contributed by atoms with van der Waals surface area (Å²) in [7, 11) is 0. The van der Waals surface area contributed by atoms with Gasteiger partial charge in [-0.1, -0.05) is 41.4 Å². The molecule has 1 N–H and O–H groups in total. The first-order valence-corrected chi connectivity index (χ1v) is 7.46. The van der Waals surface area contributed by atoms with Crippen LogP contribution in [0.25, 0.3) is 10.9 Å². The zero-order valence-corrected chi connectivity index (χ0v) is 13.0. The first-order valence-electron chi connectivity index (χ1n) is 6.71. The number of benzene rings is 2. The van der Waals surface area contributed by atoms with Crippen LogP contribution in [0.3, 0.4) is 0 Å². The largest absolute Gasteiger partial charge is 0.377 e. The van der Waals surface area contributed by atoms with Crippen LogP contribution >= 0.6 is 23.2 Å². The van der Waals surface area contributed by atoms with Gasteiger partial charge in [0, 0.05) is 16.6 Å². The molecule has 0 spiro atoms. The summed E-state index contributed by atoms with van der Waals surface area (Å²) in [5.41, 5.74) is 2.87. The average molecular weight is 317 g/mol. The van der Waals surface area contributed by atoms with Gasteiger partial charge in [-0.25, -0.2) is 0 Å². The second-order valence-electron chi connectivity index (χ2n) is 4.88. The number of pyridine rings is 1. The zero-order chi connectivity index (χ0) is 14.8. The van der Waals surface area contributed by atoms with E-state index in [9.17, 15) is 0 Å². The van der Waals surface area contributed by atoms with Gasteiger partial charge in [-0.05, 0) is 42.8 Å². The molecular formula is C17H14Cl2N2. The Labute approximate surface area is 133 Å². The van der Waals surface area contributed by atoms with Crippen molar-refractivity contribution in [3.8, 4) is 0 Å². The van der Waals surface area contributed by atoms with E-state index in [-0.39, 0.29) is 6.04 Å². The highest BCUT2D eigenvalue weighted by molar-refractivity contribution is 6.35. The fourth-order valence-corrected chi connectivity index (χ4v) is 2.91. The van der Waals surface area contributed by atoms with Crippen molar-refractivity contribution in [3.63, 3.8) is 0 Å². The Hall–Kier alpha value is -1.77. The van der Waals surface area contributed by atoms with Crippen LogP contribution in [0.1, 0.15) is 18.5 Å². The van der Waals surface area contributed by atoms with Crippen molar-refractivity contribution < 1.29 is 0 Å². The topological polar surface area (TPSA) is 24.9 Å². The molecule has 0 aliphatic rings. The van der Waals surface area contributed by atoms with E-state index in [4.69, 9.17) is 23.2 Å². The van der Waals surface area contributed by atoms with Crippen LogP contribution in [0.4, 0.5) is 5.69 Å². The van der Waals surface area contributed by atoms with Crippen molar-refractivity contribution in [2.45, 2.75) is 13.0 Å². The average Bonchev–Trinajstić information content (AvgIpc) is 2.51. The van der Waals surface area contributed by atoms with Gasteiger partial charge in [0.2, 0.25) is 0 Å². The molecule has 3 rings (SSSR count). The summed E-state index contributed by atoms with van der Waals surface area (Å²) in [5.74, 6) is 0. The molecule has 0 aliphatic heterocycles. The van der Waals surface area contributed by atoms with E-state index < -0.39 is 0 Å². The number of rotatable bonds is 3. The van der Waals surface area contributed by atoms with E-state index >= 15 is 0 Å². The van der Waals surface area contributed by atoms with Crippen molar-refractivity contribution in [1.29, 1.82) is 0 Å². The molecule has 0 amide bonds. The van der Waals surface area contributed by atoms with E-state index in [1.54, 1.807) is 6.20 Å². The van der Waals surface area contributed by atoms with Gasteiger partial charge in [-0.3, -0.25) is 4.98 Å². The molecule has 2 nitrogen and oxygen atoms in total. The predicted molar refractivity (Wildman–Crippen MR) is 90.2 cm³/mol. The molecule has 4 heteroatoms. The van der Waals surface area contributed by atoms with Gasteiger partial charge in [-0.2, -0.15) is 0 Å². The lowest BCUT2D eigenvalue weighted by Crippen LogP contribution is -2.07. The molecule has 1 aromatic heterocycles. The summed E-state index contributed by atoms with van der Waals surface area (Å²) in [5, 5.41) is 5.86. The lowest BCUT2D eigenvalue weighted by molar-refractivity contribution is 0.886. The second-order valence-corrected chi connectivity index (χ2v) is 5.70. The van der Waals surface area contributed by atoms with Crippen molar-refractivity contribution in [2.24, 2.45) is 0 Å². The summed E-state index contributed by atoms with van der Waals surface area (Å²) in [6.45, 7) is 2.07. The Kier molecular flexibility index (Phi) is 4.00. The molecule has 1 heterocycles.